The Labute approximate surface area is 101 Å². The third-order valence-electron chi connectivity index (χ3n) is 3.21. The van der Waals surface area contributed by atoms with E-state index in [4.69, 9.17) is 10.5 Å². The maximum Gasteiger partial charge on any atom is 0.243 e. The van der Waals surface area contributed by atoms with E-state index in [1.165, 1.54) is 0 Å². The molecule has 92 valence electrons. The Morgan fingerprint density at radius 3 is 3.00 bits per heavy atom. The molecule has 4 heteroatoms. The number of rotatable bonds is 3. The topological polar surface area (TPSA) is 55.6 Å². The summed E-state index contributed by atoms with van der Waals surface area (Å²) in [7, 11) is 1.65. The number of nitrogens with zero attached hydrogens (tertiary/aromatic N) is 1. The molecule has 0 fully saturated rings. The average molecular weight is 234 g/mol. The van der Waals surface area contributed by atoms with E-state index in [-0.39, 0.29) is 5.91 Å². The largest absolute Gasteiger partial charge is 0.497 e. The van der Waals surface area contributed by atoms with Gasteiger partial charge in [-0.3, -0.25) is 4.79 Å². The van der Waals surface area contributed by atoms with Crippen molar-refractivity contribution in [2.24, 2.45) is 5.73 Å². The smallest absolute Gasteiger partial charge is 0.243 e. The quantitative estimate of drug-likeness (QED) is 0.858. The molecular weight excluding hydrogens is 216 g/mol. The molecule has 0 aliphatic carbocycles. The summed E-state index contributed by atoms with van der Waals surface area (Å²) in [6.07, 6.45) is 1.54. The van der Waals surface area contributed by atoms with Crippen LogP contribution in [0.3, 0.4) is 0 Å². The first-order valence-corrected chi connectivity index (χ1v) is 5.91. The number of hydrogen-bond acceptors (Lipinski definition) is 3. The van der Waals surface area contributed by atoms with Gasteiger partial charge in [-0.25, -0.2) is 0 Å². The van der Waals surface area contributed by atoms with Gasteiger partial charge < -0.3 is 15.4 Å². The summed E-state index contributed by atoms with van der Waals surface area (Å²) in [5.41, 5.74) is 7.92. The van der Waals surface area contributed by atoms with E-state index < -0.39 is 6.04 Å². The first kappa shape index (κ1) is 11.9. The van der Waals surface area contributed by atoms with Gasteiger partial charge in [0.05, 0.1) is 13.2 Å². The van der Waals surface area contributed by atoms with Gasteiger partial charge in [-0.2, -0.15) is 0 Å². The number of fused-ring (bicyclic) bond motifs is 1. The van der Waals surface area contributed by atoms with Crippen molar-refractivity contribution < 1.29 is 9.53 Å². The molecule has 17 heavy (non-hydrogen) atoms. The molecule has 0 radical (unpaired) electrons. The molecule has 1 atom stereocenters. The minimum Gasteiger partial charge on any atom is -0.497 e. The number of anilines is 1. The molecule has 1 amide bonds. The number of carbonyl (C=O) groups excluding carboxylic acids is 1. The average Bonchev–Trinajstić information content (AvgIpc) is 2.79. The molecule has 0 saturated carbocycles. The Kier molecular flexibility index (Phi) is 3.33. The fourth-order valence-electron chi connectivity index (χ4n) is 2.11. The van der Waals surface area contributed by atoms with Crippen molar-refractivity contribution in [1.29, 1.82) is 0 Å². The van der Waals surface area contributed by atoms with Gasteiger partial charge in [0.2, 0.25) is 5.91 Å². The Bertz CT molecular complexity index is 431. The molecule has 0 saturated heterocycles. The molecule has 0 bridgehead atoms. The lowest BCUT2D eigenvalue weighted by Gasteiger charge is -2.20. The molecule has 1 heterocycles. The van der Waals surface area contributed by atoms with Crippen LogP contribution in [-0.4, -0.2) is 25.6 Å². The Morgan fingerprint density at radius 1 is 1.59 bits per heavy atom. The van der Waals surface area contributed by atoms with Gasteiger partial charge in [0.25, 0.3) is 0 Å². The van der Waals surface area contributed by atoms with Gasteiger partial charge in [0.1, 0.15) is 5.75 Å². The van der Waals surface area contributed by atoms with Gasteiger partial charge in [0, 0.05) is 12.2 Å². The van der Waals surface area contributed by atoms with Crippen molar-refractivity contribution in [3.8, 4) is 5.75 Å². The summed E-state index contributed by atoms with van der Waals surface area (Å²) in [6.45, 7) is 2.64. The third-order valence-corrected chi connectivity index (χ3v) is 3.21. The van der Waals surface area contributed by atoms with Crippen LogP contribution in [-0.2, 0) is 11.2 Å². The van der Waals surface area contributed by atoms with E-state index in [1.54, 1.807) is 12.0 Å². The summed E-state index contributed by atoms with van der Waals surface area (Å²) >= 11 is 0. The fraction of sp³-hybridized carbons (Fsp3) is 0.462. The molecule has 1 aromatic carbocycles. The second kappa shape index (κ2) is 4.75. The summed E-state index contributed by atoms with van der Waals surface area (Å²) in [4.78, 5) is 13.8. The van der Waals surface area contributed by atoms with Crippen molar-refractivity contribution >= 4 is 11.6 Å². The molecule has 0 unspecified atom stereocenters. The van der Waals surface area contributed by atoms with Crippen LogP contribution in [0.2, 0.25) is 0 Å². The second-order valence-electron chi connectivity index (χ2n) is 4.25. The molecule has 0 aromatic heterocycles. The lowest BCUT2D eigenvalue weighted by Crippen LogP contribution is -2.42. The zero-order chi connectivity index (χ0) is 12.4. The van der Waals surface area contributed by atoms with Crippen molar-refractivity contribution in [2.75, 3.05) is 18.6 Å². The number of nitrogens with two attached hydrogens (primary N) is 1. The van der Waals surface area contributed by atoms with Crippen LogP contribution in [0.4, 0.5) is 5.69 Å². The molecule has 2 N–H and O–H groups in total. The van der Waals surface area contributed by atoms with Crippen molar-refractivity contribution in [3.63, 3.8) is 0 Å². The highest BCUT2D eigenvalue weighted by molar-refractivity contribution is 5.98. The van der Waals surface area contributed by atoms with Crippen LogP contribution in [0.15, 0.2) is 18.2 Å². The summed E-state index contributed by atoms with van der Waals surface area (Å²) in [5.74, 6) is 0.842. The van der Waals surface area contributed by atoms with Gasteiger partial charge in [-0.1, -0.05) is 6.92 Å². The Morgan fingerprint density at radius 2 is 2.35 bits per heavy atom. The second-order valence-corrected chi connectivity index (χ2v) is 4.25. The van der Waals surface area contributed by atoms with Crippen LogP contribution in [0, 0.1) is 0 Å². The third kappa shape index (κ3) is 2.13. The lowest BCUT2D eigenvalue weighted by atomic mass is 10.1. The normalized spacial score (nSPS) is 15.6. The number of amides is 1. The van der Waals surface area contributed by atoms with Crippen molar-refractivity contribution in [1.82, 2.24) is 0 Å². The van der Waals surface area contributed by atoms with Gasteiger partial charge >= 0.3 is 0 Å². The SMILES string of the molecule is CC[C@H](N)C(=O)N1CCc2cc(OC)ccc21. The molecule has 1 aliphatic heterocycles. The number of ether oxygens (including phenoxy) is 1. The maximum atomic E-state index is 12.1. The highest BCUT2D eigenvalue weighted by Crippen LogP contribution is 2.31. The van der Waals surface area contributed by atoms with E-state index >= 15 is 0 Å². The van der Waals surface area contributed by atoms with E-state index in [2.05, 4.69) is 0 Å². The number of methoxy groups -OCH3 is 1. The predicted molar refractivity (Wildman–Crippen MR) is 67.3 cm³/mol. The first-order chi connectivity index (χ1) is 8.17. The van der Waals surface area contributed by atoms with E-state index in [1.807, 2.05) is 25.1 Å². The van der Waals surface area contributed by atoms with E-state index in [0.29, 0.717) is 6.42 Å². The van der Waals surface area contributed by atoms with Gasteiger partial charge in [-0.05, 0) is 36.6 Å². The lowest BCUT2D eigenvalue weighted by molar-refractivity contribution is -0.119. The van der Waals surface area contributed by atoms with Crippen LogP contribution in [0.25, 0.3) is 0 Å². The first-order valence-electron chi connectivity index (χ1n) is 5.91. The predicted octanol–water partition coefficient (Wildman–Crippen LogP) is 1.32. The monoisotopic (exact) mass is 234 g/mol. The molecule has 1 aliphatic rings. The van der Waals surface area contributed by atoms with Crippen LogP contribution < -0.4 is 15.4 Å². The summed E-state index contributed by atoms with van der Waals surface area (Å²) < 4.78 is 5.18. The number of hydrogen-bond donors (Lipinski definition) is 1. The summed E-state index contributed by atoms with van der Waals surface area (Å²) in [5, 5.41) is 0. The molecule has 2 rings (SSSR count). The Hall–Kier alpha value is -1.55. The minimum atomic E-state index is -0.400. The number of carbonyl (C=O) groups is 1. The summed E-state index contributed by atoms with van der Waals surface area (Å²) in [6, 6.07) is 5.40. The zero-order valence-corrected chi connectivity index (χ0v) is 10.3. The molecule has 1 aromatic rings. The fourth-order valence-corrected chi connectivity index (χ4v) is 2.11. The molecule has 0 spiro atoms. The minimum absolute atomic E-state index is 0.0106. The van der Waals surface area contributed by atoms with Crippen LogP contribution in [0.5, 0.6) is 5.75 Å². The van der Waals surface area contributed by atoms with Crippen molar-refractivity contribution in [2.45, 2.75) is 25.8 Å². The van der Waals surface area contributed by atoms with Crippen molar-refractivity contribution in [3.05, 3.63) is 23.8 Å². The van der Waals surface area contributed by atoms with E-state index in [9.17, 15) is 4.79 Å². The van der Waals surface area contributed by atoms with Gasteiger partial charge in [0.15, 0.2) is 0 Å². The maximum absolute atomic E-state index is 12.1. The van der Waals surface area contributed by atoms with E-state index in [0.717, 1.165) is 30.0 Å². The molecule has 4 nitrogen and oxygen atoms in total. The highest BCUT2D eigenvalue weighted by atomic mass is 16.5. The Balaban J connectivity index is 2.25. The molecular formula is C13H18N2O2. The number of benzene rings is 1. The highest BCUT2D eigenvalue weighted by Gasteiger charge is 2.27. The van der Waals surface area contributed by atoms with Crippen LogP contribution in [0.1, 0.15) is 18.9 Å². The van der Waals surface area contributed by atoms with Gasteiger partial charge in [-0.15, -0.1) is 0 Å². The van der Waals surface area contributed by atoms with Crippen LogP contribution >= 0.6 is 0 Å². The zero-order valence-electron chi connectivity index (χ0n) is 10.3. The standard InChI is InChI=1S/C13H18N2O2/c1-3-11(14)13(16)15-7-6-9-8-10(17-2)4-5-12(9)15/h4-5,8,11H,3,6-7,14H2,1-2H3/t11-/m0/s1.